The van der Waals surface area contributed by atoms with Crippen molar-refractivity contribution in [3.8, 4) is 0 Å². The summed E-state index contributed by atoms with van der Waals surface area (Å²) < 4.78 is 5.40. The minimum Gasteiger partial charge on any atom is -0.381 e. The molecule has 15 heavy (non-hydrogen) atoms. The van der Waals surface area contributed by atoms with Crippen LogP contribution in [0.15, 0.2) is 0 Å². The monoisotopic (exact) mass is 229 g/mol. The summed E-state index contributed by atoms with van der Waals surface area (Å²) in [6, 6.07) is 0.775. The molecule has 2 aliphatic rings. The summed E-state index contributed by atoms with van der Waals surface area (Å²) in [4.78, 5) is 0. The molecule has 0 aromatic carbocycles. The Kier molecular flexibility index (Phi) is 4.79. The number of nitrogens with one attached hydrogen (secondary N) is 1. The van der Waals surface area contributed by atoms with Crippen molar-refractivity contribution in [2.75, 3.05) is 26.0 Å². The van der Waals surface area contributed by atoms with Crippen molar-refractivity contribution in [2.24, 2.45) is 5.92 Å². The fourth-order valence-corrected chi connectivity index (χ4v) is 3.45. The third-order valence-electron chi connectivity index (χ3n) is 3.68. The summed E-state index contributed by atoms with van der Waals surface area (Å²) in [5.74, 6) is 0.777. The number of rotatable bonds is 4. The minimum atomic E-state index is 0.775. The summed E-state index contributed by atoms with van der Waals surface area (Å²) in [5, 5.41) is 4.63. The molecule has 88 valence electrons. The van der Waals surface area contributed by atoms with Crippen LogP contribution in [0.4, 0.5) is 0 Å². The molecule has 2 fully saturated rings. The van der Waals surface area contributed by atoms with Gasteiger partial charge in [-0.05, 0) is 37.9 Å². The molecule has 3 unspecified atom stereocenters. The van der Waals surface area contributed by atoms with Crippen LogP contribution in [0.2, 0.25) is 0 Å². The van der Waals surface area contributed by atoms with Crippen LogP contribution in [0, 0.1) is 5.92 Å². The Balaban J connectivity index is 1.65. The second kappa shape index (κ2) is 6.12. The highest BCUT2D eigenvalue weighted by Gasteiger charge is 2.22. The molecule has 0 radical (unpaired) electrons. The lowest BCUT2D eigenvalue weighted by atomic mass is 9.94. The first-order chi connectivity index (χ1) is 7.38. The van der Waals surface area contributed by atoms with Gasteiger partial charge in [0.1, 0.15) is 0 Å². The van der Waals surface area contributed by atoms with E-state index in [1.54, 1.807) is 0 Å². The highest BCUT2D eigenvalue weighted by atomic mass is 32.2. The maximum Gasteiger partial charge on any atom is 0.0507 e. The first-order valence-electron chi connectivity index (χ1n) is 6.22. The lowest BCUT2D eigenvalue weighted by Gasteiger charge is -2.29. The molecule has 3 atom stereocenters. The largest absolute Gasteiger partial charge is 0.381 e. The van der Waals surface area contributed by atoms with E-state index >= 15 is 0 Å². The van der Waals surface area contributed by atoms with Crippen molar-refractivity contribution in [3.05, 3.63) is 0 Å². The zero-order chi connectivity index (χ0) is 10.5. The first kappa shape index (κ1) is 11.7. The van der Waals surface area contributed by atoms with E-state index in [-0.39, 0.29) is 0 Å². The van der Waals surface area contributed by atoms with E-state index in [0.29, 0.717) is 0 Å². The lowest BCUT2D eigenvalue weighted by Crippen LogP contribution is -2.38. The predicted molar refractivity (Wildman–Crippen MR) is 66.5 cm³/mol. The van der Waals surface area contributed by atoms with Crippen LogP contribution < -0.4 is 5.32 Å². The molecular weight excluding hydrogens is 206 g/mol. The van der Waals surface area contributed by atoms with Crippen LogP contribution in [0.5, 0.6) is 0 Å². The molecule has 3 heteroatoms. The smallest absolute Gasteiger partial charge is 0.0507 e. The molecule has 0 aromatic rings. The van der Waals surface area contributed by atoms with Crippen molar-refractivity contribution in [1.82, 2.24) is 5.32 Å². The van der Waals surface area contributed by atoms with Gasteiger partial charge in [-0.3, -0.25) is 0 Å². The second-order valence-corrected chi connectivity index (χ2v) is 6.00. The standard InChI is InChI=1S/C12H23NOS/c1-15-12-4-2-3-11(7-12)13-8-10-5-6-14-9-10/h10-13H,2-9H2,1H3. The average molecular weight is 229 g/mol. The van der Waals surface area contributed by atoms with Gasteiger partial charge in [-0.1, -0.05) is 6.42 Å². The molecule has 2 rings (SSSR count). The molecule has 0 bridgehead atoms. The summed E-state index contributed by atoms with van der Waals surface area (Å²) in [6.45, 7) is 3.13. The SMILES string of the molecule is CSC1CCCC(NCC2CCOC2)C1. The first-order valence-corrected chi connectivity index (χ1v) is 7.51. The van der Waals surface area contributed by atoms with Crippen molar-refractivity contribution in [2.45, 2.75) is 43.4 Å². The highest BCUT2D eigenvalue weighted by molar-refractivity contribution is 7.99. The van der Waals surface area contributed by atoms with Gasteiger partial charge in [0.25, 0.3) is 0 Å². The van der Waals surface area contributed by atoms with Gasteiger partial charge in [-0.2, -0.15) is 11.8 Å². The molecule has 1 aliphatic carbocycles. The fraction of sp³-hybridized carbons (Fsp3) is 1.00. The van der Waals surface area contributed by atoms with Crippen LogP contribution >= 0.6 is 11.8 Å². The topological polar surface area (TPSA) is 21.3 Å². The lowest BCUT2D eigenvalue weighted by molar-refractivity contribution is 0.184. The van der Waals surface area contributed by atoms with Crippen molar-refractivity contribution < 1.29 is 4.74 Å². The van der Waals surface area contributed by atoms with Gasteiger partial charge < -0.3 is 10.1 Å². The van der Waals surface area contributed by atoms with Crippen LogP contribution in [0.1, 0.15) is 32.1 Å². The highest BCUT2D eigenvalue weighted by Crippen LogP contribution is 2.27. The molecule has 1 saturated heterocycles. The quantitative estimate of drug-likeness (QED) is 0.799. The van der Waals surface area contributed by atoms with Gasteiger partial charge >= 0.3 is 0 Å². The van der Waals surface area contributed by atoms with Gasteiger partial charge in [-0.15, -0.1) is 0 Å². The summed E-state index contributed by atoms with van der Waals surface area (Å²) in [6.07, 6.45) is 9.08. The maximum absolute atomic E-state index is 5.40. The number of thioether (sulfide) groups is 1. The molecule has 1 aliphatic heterocycles. The Hall–Kier alpha value is 0.270. The molecule has 0 amide bonds. The van der Waals surface area contributed by atoms with Crippen molar-refractivity contribution in [1.29, 1.82) is 0 Å². The van der Waals surface area contributed by atoms with E-state index < -0.39 is 0 Å². The van der Waals surface area contributed by atoms with Crippen LogP contribution in [-0.4, -0.2) is 37.3 Å². The second-order valence-electron chi connectivity index (χ2n) is 4.86. The van der Waals surface area contributed by atoms with Gasteiger partial charge in [-0.25, -0.2) is 0 Å². The van der Waals surface area contributed by atoms with E-state index in [1.165, 1.54) is 38.6 Å². The zero-order valence-electron chi connectivity index (χ0n) is 9.71. The van der Waals surface area contributed by atoms with E-state index in [9.17, 15) is 0 Å². The maximum atomic E-state index is 5.40. The molecule has 1 saturated carbocycles. The Morgan fingerprint density at radius 2 is 2.27 bits per heavy atom. The molecule has 1 heterocycles. The van der Waals surface area contributed by atoms with E-state index in [2.05, 4.69) is 11.6 Å². The third-order valence-corrected chi connectivity index (χ3v) is 4.77. The van der Waals surface area contributed by atoms with E-state index in [0.717, 1.165) is 30.4 Å². The van der Waals surface area contributed by atoms with Crippen LogP contribution in [0.25, 0.3) is 0 Å². The third kappa shape index (κ3) is 3.65. The zero-order valence-corrected chi connectivity index (χ0v) is 10.5. The fourth-order valence-electron chi connectivity index (χ4n) is 2.62. The summed E-state index contributed by atoms with van der Waals surface area (Å²) in [7, 11) is 0. The van der Waals surface area contributed by atoms with Crippen LogP contribution in [-0.2, 0) is 4.74 Å². The van der Waals surface area contributed by atoms with Gasteiger partial charge in [0.2, 0.25) is 0 Å². The normalized spacial score (nSPS) is 37.0. The van der Waals surface area contributed by atoms with Gasteiger partial charge in [0.15, 0.2) is 0 Å². The molecule has 1 N–H and O–H groups in total. The Bertz CT molecular complexity index is 182. The minimum absolute atomic E-state index is 0.775. The van der Waals surface area contributed by atoms with Crippen LogP contribution in [0.3, 0.4) is 0 Å². The number of hydrogen-bond donors (Lipinski definition) is 1. The molecular formula is C12H23NOS. The Morgan fingerprint density at radius 1 is 1.33 bits per heavy atom. The Labute approximate surface area is 97.5 Å². The predicted octanol–water partition coefficient (Wildman–Crippen LogP) is 2.29. The van der Waals surface area contributed by atoms with Gasteiger partial charge in [0.05, 0.1) is 6.61 Å². The van der Waals surface area contributed by atoms with E-state index in [4.69, 9.17) is 4.74 Å². The summed E-state index contributed by atoms with van der Waals surface area (Å²) >= 11 is 2.04. The van der Waals surface area contributed by atoms with E-state index in [1.807, 2.05) is 11.8 Å². The average Bonchev–Trinajstić information content (AvgIpc) is 2.79. The van der Waals surface area contributed by atoms with Crippen molar-refractivity contribution >= 4 is 11.8 Å². The van der Waals surface area contributed by atoms with Gasteiger partial charge in [0, 0.05) is 24.4 Å². The molecule has 0 aromatic heterocycles. The molecule has 2 nitrogen and oxygen atoms in total. The Morgan fingerprint density at radius 3 is 3.00 bits per heavy atom. The number of ether oxygens (including phenoxy) is 1. The molecule has 0 spiro atoms. The number of hydrogen-bond acceptors (Lipinski definition) is 3. The van der Waals surface area contributed by atoms with Crippen molar-refractivity contribution in [3.63, 3.8) is 0 Å². The summed E-state index contributed by atoms with van der Waals surface area (Å²) in [5.41, 5.74) is 0.